The SMILES string of the molecule is C[C@H](NC(=O)COC(=O)c1ccccc1NS(C)(=O)=O)C1CC1. The number of ether oxygens (including phenoxy) is 1. The van der Waals surface area contributed by atoms with Gasteiger partial charge in [-0.1, -0.05) is 12.1 Å². The number of carbonyl (C=O) groups excluding carboxylic acids is 2. The summed E-state index contributed by atoms with van der Waals surface area (Å²) in [7, 11) is -3.52. The number of hydrogen-bond acceptors (Lipinski definition) is 5. The quantitative estimate of drug-likeness (QED) is 0.725. The zero-order valence-electron chi connectivity index (χ0n) is 13.0. The summed E-state index contributed by atoms with van der Waals surface area (Å²) in [5, 5.41) is 2.77. The van der Waals surface area contributed by atoms with E-state index >= 15 is 0 Å². The molecule has 7 nitrogen and oxygen atoms in total. The Morgan fingerprint density at radius 3 is 2.57 bits per heavy atom. The largest absolute Gasteiger partial charge is 0.452 e. The smallest absolute Gasteiger partial charge is 0.340 e. The maximum atomic E-state index is 12.1. The average Bonchev–Trinajstić information content (AvgIpc) is 3.28. The molecule has 1 saturated carbocycles. The van der Waals surface area contributed by atoms with E-state index in [0.717, 1.165) is 19.1 Å². The second kappa shape index (κ2) is 6.99. The normalized spacial score (nSPS) is 15.6. The van der Waals surface area contributed by atoms with Crippen molar-refractivity contribution in [3.63, 3.8) is 0 Å². The van der Waals surface area contributed by atoms with E-state index in [4.69, 9.17) is 4.74 Å². The third kappa shape index (κ3) is 5.55. The van der Waals surface area contributed by atoms with E-state index in [1.54, 1.807) is 12.1 Å². The van der Waals surface area contributed by atoms with Crippen molar-refractivity contribution in [1.29, 1.82) is 0 Å². The topological polar surface area (TPSA) is 102 Å². The highest BCUT2D eigenvalue weighted by Crippen LogP contribution is 2.32. The summed E-state index contributed by atoms with van der Waals surface area (Å²) >= 11 is 0. The summed E-state index contributed by atoms with van der Waals surface area (Å²) in [4.78, 5) is 23.8. The third-order valence-electron chi connectivity index (χ3n) is 3.49. The number of benzene rings is 1. The molecule has 1 atom stereocenters. The molecule has 0 spiro atoms. The molecule has 126 valence electrons. The van der Waals surface area contributed by atoms with E-state index < -0.39 is 22.6 Å². The van der Waals surface area contributed by atoms with Gasteiger partial charge in [0.25, 0.3) is 5.91 Å². The molecule has 0 saturated heterocycles. The van der Waals surface area contributed by atoms with Gasteiger partial charge in [0.2, 0.25) is 10.0 Å². The van der Waals surface area contributed by atoms with Crippen LogP contribution in [0.3, 0.4) is 0 Å². The number of anilines is 1. The van der Waals surface area contributed by atoms with Gasteiger partial charge in [0, 0.05) is 6.04 Å². The van der Waals surface area contributed by atoms with E-state index in [1.807, 2.05) is 6.92 Å². The zero-order chi connectivity index (χ0) is 17.0. The van der Waals surface area contributed by atoms with E-state index in [0.29, 0.717) is 5.92 Å². The Bertz CT molecular complexity index is 698. The number of para-hydroxylation sites is 1. The standard InChI is InChI=1S/C15H20N2O5S/c1-10(11-7-8-11)16-14(18)9-22-15(19)12-5-3-4-6-13(12)17-23(2,20)21/h3-6,10-11,17H,7-9H2,1-2H3,(H,16,18)/t10-/m0/s1. The fraction of sp³-hybridized carbons (Fsp3) is 0.467. The minimum Gasteiger partial charge on any atom is -0.452 e. The monoisotopic (exact) mass is 340 g/mol. The molecule has 0 bridgehead atoms. The zero-order valence-corrected chi connectivity index (χ0v) is 13.9. The van der Waals surface area contributed by atoms with Crippen LogP contribution in [0.5, 0.6) is 0 Å². The van der Waals surface area contributed by atoms with E-state index in [-0.39, 0.29) is 23.2 Å². The number of hydrogen-bond donors (Lipinski definition) is 2. The highest BCUT2D eigenvalue weighted by Gasteiger charge is 2.29. The number of rotatable bonds is 7. The van der Waals surface area contributed by atoms with Crippen LogP contribution in [-0.4, -0.2) is 39.2 Å². The average molecular weight is 340 g/mol. The van der Waals surface area contributed by atoms with Crippen molar-refractivity contribution in [3.05, 3.63) is 29.8 Å². The van der Waals surface area contributed by atoms with E-state index in [9.17, 15) is 18.0 Å². The summed E-state index contributed by atoms with van der Waals surface area (Å²) < 4.78 is 29.8. The summed E-state index contributed by atoms with van der Waals surface area (Å²) in [6.45, 7) is 1.52. The van der Waals surface area contributed by atoms with Crippen LogP contribution in [0.4, 0.5) is 5.69 Å². The molecule has 8 heteroatoms. The van der Waals surface area contributed by atoms with Gasteiger partial charge >= 0.3 is 5.97 Å². The molecule has 0 aliphatic heterocycles. The number of carbonyl (C=O) groups is 2. The first-order valence-electron chi connectivity index (χ1n) is 7.29. The second-order valence-electron chi connectivity index (χ2n) is 5.69. The van der Waals surface area contributed by atoms with Gasteiger partial charge in [0.1, 0.15) is 0 Å². The van der Waals surface area contributed by atoms with Crippen molar-refractivity contribution in [2.45, 2.75) is 25.8 Å². The Morgan fingerprint density at radius 2 is 1.96 bits per heavy atom. The van der Waals surface area contributed by atoms with Gasteiger partial charge in [-0.05, 0) is 37.8 Å². The molecular formula is C15H20N2O5S. The molecule has 2 rings (SSSR count). The first-order chi connectivity index (χ1) is 10.8. The van der Waals surface area contributed by atoms with Gasteiger partial charge in [-0.3, -0.25) is 9.52 Å². The highest BCUT2D eigenvalue weighted by molar-refractivity contribution is 7.92. The third-order valence-corrected chi connectivity index (χ3v) is 4.09. The summed E-state index contributed by atoms with van der Waals surface area (Å²) in [6.07, 6.45) is 3.19. The molecule has 1 aliphatic carbocycles. The van der Waals surface area contributed by atoms with Crippen LogP contribution in [0.15, 0.2) is 24.3 Å². The van der Waals surface area contributed by atoms with E-state index in [2.05, 4.69) is 10.0 Å². The molecule has 0 heterocycles. The minimum absolute atomic E-state index is 0.0565. The van der Waals surface area contributed by atoms with Crippen LogP contribution in [0, 0.1) is 5.92 Å². The fourth-order valence-electron chi connectivity index (χ4n) is 2.17. The lowest BCUT2D eigenvalue weighted by Gasteiger charge is -2.13. The Kier molecular flexibility index (Phi) is 5.25. The molecule has 0 radical (unpaired) electrons. The molecule has 0 unspecified atom stereocenters. The van der Waals surface area contributed by atoms with E-state index in [1.165, 1.54) is 12.1 Å². The maximum absolute atomic E-state index is 12.1. The molecular weight excluding hydrogens is 320 g/mol. The highest BCUT2D eigenvalue weighted by atomic mass is 32.2. The summed E-state index contributed by atoms with van der Waals surface area (Å²) in [5.41, 5.74) is 0.174. The molecule has 0 aromatic heterocycles. The van der Waals surface area contributed by atoms with Gasteiger partial charge in [0.15, 0.2) is 6.61 Å². The lowest BCUT2D eigenvalue weighted by molar-refractivity contribution is -0.124. The fourth-order valence-corrected chi connectivity index (χ4v) is 2.75. The van der Waals surface area contributed by atoms with Crippen molar-refractivity contribution in [3.8, 4) is 0 Å². The first kappa shape index (κ1) is 17.3. The molecule has 1 aliphatic rings. The van der Waals surface area contributed by atoms with Crippen LogP contribution in [-0.2, 0) is 19.6 Å². The number of esters is 1. The van der Waals surface area contributed by atoms with Crippen molar-refractivity contribution < 1.29 is 22.7 Å². The Hall–Kier alpha value is -2.09. The predicted molar refractivity (Wildman–Crippen MR) is 85.5 cm³/mol. The Morgan fingerprint density at radius 1 is 1.30 bits per heavy atom. The van der Waals surface area contributed by atoms with Crippen LogP contribution in [0.25, 0.3) is 0 Å². The van der Waals surface area contributed by atoms with Gasteiger partial charge in [0.05, 0.1) is 17.5 Å². The molecule has 1 amide bonds. The number of sulfonamides is 1. The van der Waals surface area contributed by atoms with Crippen LogP contribution in [0.1, 0.15) is 30.1 Å². The van der Waals surface area contributed by atoms with Crippen LogP contribution in [0.2, 0.25) is 0 Å². The molecule has 23 heavy (non-hydrogen) atoms. The Balaban J connectivity index is 1.93. The van der Waals surface area contributed by atoms with Crippen molar-refractivity contribution in [1.82, 2.24) is 5.32 Å². The van der Waals surface area contributed by atoms with Crippen molar-refractivity contribution >= 4 is 27.6 Å². The Labute approximate surface area is 135 Å². The molecule has 2 N–H and O–H groups in total. The molecule has 1 fully saturated rings. The van der Waals surface area contributed by atoms with Gasteiger partial charge < -0.3 is 10.1 Å². The summed E-state index contributed by atoms with van der Waals surface area (Å²) in [6, 6.07) is 6.13. The lowest BCUT2D eigenvalue weighted by Crippen LogP contribution is -2.37. The van der Waals surface area contributed by atoms with Crippen LogP contribution < -0.4 is 10.0 Å². The minimum atomic E-state index is -3.52. The second-order valence-corrected chi connectivity index (χ2v) is 7.44. The van der Waals surface area contributed by atoms with Crippen molar-refractivity contribution in [2.75, 3.05) is 17.6 Å². The van der Waals surface area contributed by atoms with Gasteiger partial charge in [-0.2, -0.15) is 0 Å². The lowest BCUT2D eigenvalue weighted by atomic mass is 10.2. The van der Waals surface area contributed by atoms with Gasteiger partial charge in [-0.15, -0.1) is 0 Å². The first-order valence-corrected chi connectivity index (χ1v) is 9.18. The summed E-state index contributed by atoms with van der Waals surface area (Å²) in [5.74, 6) is -0.619. The molecule has 1 aromatic rings. The molecule has 1 aromatic carbocycles. The van der Waals surface area contributed by atoms with Crippen LogP contribution >= 0.6 is 0 Å². The maximum Gasteiger partial charge on any atom is 0.340 e. The van der Waals surface area contributed by atoms with Crippen molar-refractivity contribution in [2.24, 2.45) is 5.92 Å². The number of nitrogens with one attached hydrogen (secondary N) is 2. The predicted octanol–water partition coefficient (Wildman–Crippen LogP) is 1.13. The van der Waals surface area contributed by atoms with Gasteiger partial charge in [-0.25, -0.2) is 13.2 Å². The number of amides is 1.